The maximum atomic E-state index is 14.4. The van der Waals surface area contributed by atoms with Crippen molar-refractivity contribution >= 4 is 42.8 Å². The first-order chi connectivity index (χ1) is 13.8. The summed E-state index contributed by atoms with van der Waals surface area (Å²) in [5.41, 5.74) is 0.848. The van der Waals surface area contributed by atoms with Crippen molar-refractivity contribution < 1.29 is 17.6 Å². The number of carbonyl (C=O) groups excluding carboxylic acids is 1. The van der Waals surface area contributed by atoms with E-state index in [1.54, 1.807) is 36.1 Å². The molecule has 29 heavy (non-hydrogen) atoms. The molecule has 1 aliphatic rings. The molecule has 0 bridgehead atoms. The van der Waals surface area contributed by atoms with Crippen molar-refractivity contribution in [2.45, 2.75) is 17.9 Å². The molecule has 0 saturated carbocycles. The third-order valence-corrected chi connectivity index (χ3v) is 7.68. The summed E-state index contributed by atoms with van der Waals surface area (Å²) in [5.74, 6) is -0.851. The van der Waals surface area contributed by atoms with Crippen LogP contribution < -0.4 is 0 Å². The van der Waals surface area contributed by atoms with Crippen LogP contribution >= 0.6 is 15.9 Å². The van der Waals surface area contributed by atoms with Crippen molar-refractivity contribution in [3.05, 3.63) is 58.7 Å². The second-order valence-corrected chi connectivity index (χ2v) is 9.49. The first kappa shape index (κ1) is 20.0. The van der Waals surface area contributed by atoms with E-state index in [1.165, 1.54) is 10.5 Å². The molecule has 1 unspecified atom stereocenters. The first-order valence-corrected chi connectivity index (χ1v) is 11.2. The second-order valence-electron chi connectivity index (χ2n) is 6.88. The number of pyridine rings is 1. The van der Waals surface area contributed by atoms with Crippen LogP contribution in [-0.2, 0) is 10.0 Å². The predicted octanol–water partition coefficient (Wildman–Crippen LogP) is 3.00. The number of amides is 1. The highest BCUT2D eigenvalue weighted by molar-refractivity contribution is 9.10. The fourth-order valence-corrected chi connectivity index (χ4v) is 5.82. The first-order valence-electron chi connectivity index (χ1n) is 8.98. The summed E-state index contributed by atoms with van der Waals surface area (Å²) in [6.45, 7) is 2.38. The number of aromatic amines is 1. The Labute approximate surface area is 175 Å². The summed E-state index contributed by atoms with van der Waals surface area (Å²) in [5, 5.41) is -0.0260. The highest BCUT2D eigenvalue weighted by atomic mass is 79.9. The van der Waals surface area contributed by atoms with E-state index in [2.05, 4.69) is 25.9 Å². The number of benzene rings is 1. The summed E-state index contributed by atoms with van der Waals surface area (Å²) in [7, 11) is -3.97. The lowest BCUT2D eigenvalue weighted by Gasteiger charge is -2.38. The Bertz CT molecular complexity index is 1180. The number of hydrogen-bond acceptors (Lipinski definition) is 4. The van der Waals surface area contributed by atoms with Gasteiger partial charge < -0.3 is 9.88 Å². The number of nitrogens with one attached hydrogen (secondary N) is 1. The summed E-state index contributed by atoms with van der Waals surface area (Å²) in [6.07, 6.45) is 2.27. The van der Waals surface area contributed by atoms with E-state index in [-0.39, 0.29) is 41.3 Å². The van der Waals surface area contributed by atoms with Crippen molar-refractivity contribution in [1.82, 2.24) is 19.2 Å². The minimum Gasteiger partial charge on any atom is -0.358 e. The largest absolute Gasteiger partial charge is 0.358 e. The molecule has 0 spiro atoms. The highest BCUT2D eigenvalue weighted by Crippen LogP contribution is 2.32. The van der Waals surface area contributed by atoms with Gasteiger partial charge in [-0.05, 0) is 35.0 Å². The van der Waals surface area contributed by atoms with Crippen molar-refractivity contribution in [3.8, 4) is 0 Å². The van der Waals surface area contributed by atoms with Gasteiger partial charge >= 0.3 is 0 Å². The number of carbonyl (C=O) groups is 1. The SMILES string of the molecule is CC1CN(C(=O)c2ccccc2)CCN1S(=O)(=O)c1c[nH]c2c(Br)ncc(F)c12. The minimum absolute atomic E-state index is 0.0260. The molecule has 152 valence electrons. The number of hydrogen-bond donors (Lipinski definition) is 1. The topological polar surface area (TPSA) is 86.4 Å². The molecule has 3 aromatic rings. The number of sulfonamides is 1. The monoisotopic (exact) mass is 480 g/mol. The maximum Gasteiger partial charge on any atom is 0.253 e. The Morgan fingerprint density at radius 2 is 2.00 bits per heavy atom. The van der Waals surface area contributed by atoms with Crippen molar-refractivity contribution in [2.24, 2.45) is 0 Å². The molecule has 1 saturated heterocycles. The molecule has 1 atom stereocenters. The van der Waals surface area contributed by atoms with Crippen LogP contribution in [0, 0.1) is 5.82 Å². The number of aromatic nitrogens is 2. The molecule has 2 aromatic heterocycles. The lowest BCUT2D eigenvalue weighted by molar-refractivity contribution is 0.0642. The van der Waals surface area contributed by atoms with E-state index in [4.69, 9.17) is 0 Å². The number of nitrogens with zero attached hydrogens (tertiary/aromatic N) is 3. The molecule has 1 fully saturated rings. The molecule has 3 heterocycles. The van der Waals surface area contributed by atoms with Gasteiger partial charge in [0.15, 0.2) is 5.82 Å². The number of piperazine rings is 1. The molecular formula is C19H18BrFN4O3S. The number of halogens is 2. The van der Waals surface area contributed by atoms with Gasteiger partial charge in [-0.25, -0.2) is 17.8 Å². The maximum absolute atomic E-state index is 14.4. The van der Waals surface area contributed by atoms with Crippen molar-refractivity contribution in [1.29, 1.82) is 0 Å². The summed E-state index contributed by atoms with van der Waals surface area (Å²) in [4.78, 5) is 20.8. The molecule has 0 radical (unpaired) electrons. The number of rotatable bonds is 3. The zero-order valence-corrected chi connectivity index (χ0v) is 17.9. The molecule has 7 nitrogen and oxygen atoms in total. The van der Waals surface area contributed by atoms with Crippen molar-refractivity contribution in [2.75, 3.05) is 19.6 Å². The van der Waals surface area contributed by atoms with E-state index in [1.807, 2.05) is 6.07 Å². The van der Waals surface area contributed by atoms with Crippen LogP contribution in [-0.4, -0.2) is 59.2 Å². The number of H-pyrrole nitrogens is 1. The van der Waals surface area contributed by atoms with Crippen LogP contribution in [0.1, 0.15) is 17.3 Å². The van der Waals surface area contributed by atoms with Crippen LogP contribution in [0.5, 0.6) is 0 Å². The molecule has 0 aliphatic carbocycles. The molecule has 1 aliphatic heterocycles. The molecular weight excluding hydrogens is 463 g/mol. The average molecular weight is 481 g/mol. The van der Waals surface area contributed by atoms with Crippen LogP contribution in [0.25, 0.3) is 10.9 Å². The Kier molecular flexibility index (Phi) is 5.18. The van der Waals surface area contributed by atoms with Gasteiger partial charge in [0.1, 0.15) is 9.50 Å². The normalized spacial score (nSPS) is 18.3. The zero-order valence-electron chi connectivity index (χ0n) is 15.5. The molecule has 4 rings (SSSR count). The molecule has 1 N–H and O–H groups in total. The Morgan fingerprint density at radius 1 is 1.28 bits per heavy atom. The van der Waals surface area contributed by atoms with Gasteiger partial charge in [-0.1, -0.05) is 18.2 Å². The quantitative estimate of drug-likeness (QED) is 0.583. The average Bonchev–Trinajstić information content (AvgIpc) is 3.18. The fraction of sp³-hybridized carbons (Fsp3) is 0.263. The van der Waals surface area contributed by atoms with Gasteiger partial charge in [0.2, 0.25) is 10.0 Å². The van der Waals surface area contributed by atoms with E-state index < -0.39 is 21.9 Å². The second kappa shape index (κ2) is 7.51. The lowest BCUT2D eigenvalue weighted by atomic mass is 10.1. The van der Waals surface area contributed by atoms with Crippen LogP contribution in [0.3, 0.4) is 0 Å². The summed E-state index contributed by atoms with van der Waals surface area (Å²) < 4.78 is 42.6. The molecule has 1 amide bonds. The Morgan fingerprint density at radius 3 is 2.69 bits per heavy atom. The Hall–Kier alpha value is -2.30. The summed E-state index contributed by atoms with van der Waals surface area (Å²) >= 11 is 3.20. The van der Waals surface area contributed by atoms with Crippen LogP contribution in [0.15, 0.2) is 52.2 Å². The zero-order chi connectivity index (χ0) is 20.8. The minimum atomic E-state index is -3.97. The van der Waals surface area contributed by atoms with E-state index in [9.17, 15) is 17.6 Å². The van der Waals surface area contributed by atoms with E-state index in [0.717, 1.165) is 6.20 Å². The van der Waals surface area contributed by atoms with Crippen molar-refractivity contribution in [3.63, 3.8) is 0 Å². The van der Waals surface area contributed by atoms with Gasteiger partial charge in [-0.3, -0.25) is 4.79 Å². The lowest BCUT2D eigenvalue weighted by Crippen LogP contribution is -2.55. The molecule has 1 aromatic carbocycles. The van der Waals surface area contributed by atoms with Crippen LogP contribution in [0.4, 0.5) is 4.39 Å². The third kappa shape index (κ3) is 3.45. The van der Waals surface area contributed by atoms with E-state index >= 15 is 0 Å². The number of fused-ring (bicyclic) bond motifs is 1. The predicted molar refractivity (Wildman–Crippen MR) is 109 cm³/mol. The van der Waals surface area contributed by atoms with Gasteiger partial charge in [-0.15, -0.1) is 0 Å². The van der Waals surface area contributed by atoms with Gasteiger partial charge in [0.05, 0.1) is 17.1 Å². The van der Waals surface area contributed by atoms with Gasteiger partial charge in [0.25, 0.3) is 5.91 Å². The molecule has 10 heteroatoms. The third-order valence-electron chi connectivity index (χ3n) is 5.04. The summed E-state index contributed by atoms with van der Waals surface area (Å²) in [6, 6.07) is 8.41. The fourth-order valence-electron chi connectivity index (χ4n) is 3.62. The standard InChI is InChI=1S/C19H18BrFN4O3S/c1-12-11-24(19(26)13-5-3-2-4-6-13)7-8-25(12)29(27,28)15-10-22-17-16(15)14(21)9-23-18(17)20/h2-6,9-10,12,22H,7-8,11H2,1H3. The smallest absolute Gasteiger partial charge is 0.253 e. The van der Waals surface area contributed by atoms with Crippen LogP contribution in [0.2, 0.25) is 0 Å². The van der Waals surface area contributed by atoms with Gasteiger partial charge in [0, 0.05) is 37.4 Å². The van der Waals surface area contributed by atoms with E-state index in [0.29, 0.717) is 10.2 Å². The Balaban J connectivity index is 1.62. The highest BCUT2D eigenvalue weighted by Gasteiger charge is 2.37. The van der Waals surface area contributed by atoms with Gasteiger partial charge in [-0.2, -0.15) is 4.31 Å².